The van der Waals surface area contributed by atoms with Crippen molar-refractivity contribution in [2.75, 3.05) is 18.4 Å². The zero-order valence-electron chi connectivity index (χ0n) is 15.3. The van der Waals surface area contributed by atoms with E-state index in [0.29, 0.717) is 23.3 Å². The molecular formula is C18H23ClN4O4S. The largest absolute Gasteiger partial charge is 0.390 e. The molecule has 1 aromatic carbocycles. The highest BCUT2D eigenvalue weighted by atomic mass is 35.5. The van der Waals surface area contributed by atoms with Crippen molar-refractivity contribution < 1.29 is 19.8 Å². The van der Waals surface area contributed by atoms with Crippen LogP contribution in [0.3, 0.4) is 0 Å². The summed E-state index contributed by atoms with van der Waals surface area (Å²) in [4.78, 5) is 28.0. The van der Waals surface area contributed by atoms with E-state index in [-0.39, 0.29) is 23.5 Å². The highest BCUT2D eigenvalue weighted by Crippen LogP contribution is 2.41. The summed E-state index contributed by atoms with van der Waals surface area (Å²) in [6.45, 7) is 2.04. The number of hydrogen-bond donors (Lipinski definition) is 5. The van der Waals surface area contributed by atoms with E-state index in [4.69, 9.17) is 11.6 Å². The molecule has 1 fully saturated rings. The molecule has 1 saturated carbocycles. The van der Waals surface area contributed by atoms with Gasteiger partial charge in [0.1, 0.15) is 6.10 Å². The predicted molar refractivity (Wildman–Crippen MR) is 109 cm³/mol. The Bertz CT molecular complexity index is 760. The molecule has 5 atom stereocenters. The number of aliphatic imine (C=N–C) groups is 1. The first-order chi connectivity index (χ1) is 13.3. The van der Waals surface area contributed by atoms with E-state index in [2.05, 4.69) is 20.9 Å². The molecular weight excluding hydrogens is 404 g/mol. The van der Waals surface area contributed by atoms with Gasteiger partial charge in [0.25, 0.3) is 0 Å². The Hall–Kier alpha value is -1.81. The summed E-state index contributed by atoms with van der Waals surface area (Å²) >= 11 is 7.28. The van der Waals surface area contributed by atoms with Crippen LogP contribution in [-0.2, 0) is 9.59 Å². The van der Waals surface area contributed by atoms with Gasteiger partial charge in [0, 0.05) is 36.0 Å². The van der Waals surface area contributed by atoms with Gasteiger partial charge in [-0.2, -0.15) is 0 Å². The Labute approximate surface area is 172 Å². The number of nitrogens with one attached hydrogen (secondary N) is 3. The standard InChI is InChI=1S/C18H23ClN4O4S/c1-9(24)20-6-7-21-17(27)12-8-13(25)15(26)14-16(12)28-18(23-14)22-11-4-2-10(19)3-5-11/h2-5,12-16,25-26H,6-8H2,1H3,(H,20,24)(H,21,27)(H,22,23)/t12-,13-,14-,15+,16-/m1/s1. The Balaban J connectivity index is 1.64. The molecule has 0 saturated heterocycles. The second kappa shape index (κ2) is 9.13. The molecule has 1 heterocycles. The fraction of sp³-hybridized carbons (Fsp3) is 0.500. The molecule has 152 valence electrons. The minimum absolute atomic E-state index is 0.158. The number of carbonyl (C=O) groups is 2. The number of aliphatic hydroxyl groups excluding tert-OH is 2. The average Bonchev–Trinajstić information content (AvgIpc) is 3.07. The molecule has 1 aromatic rings. The molecule has 2 aliphatic rings. The molecule has 1 aliphatic carbocycles. The molecule has 0 unspecified atom stereocenters. The molecule has 0 radical (unpaired) electrons. The molecule has 8 nitrogen and oxygen atoms in total. The van der Waals surface area contributed by atoms with Crippen LogP contribution in [0.2, 0.25) is 5.02 Å². The summed E-state index contributed by atoms with van der Waals surface area (Å²) in [6, 6.07) is 6.55. The summed E-state index contributed by atoms with van der Waals surface area (Å²) in [5.74, 6) is -0.885. The van der Waals surface area contributed by atoms with Gasteiger partial charge < -0.3 is 26.2 Å². The highest BCUT2D eigenvalue weighted by molar-refractivity contribution is 8.15. The van der Waals surface area contributed by atoms with Crippen LogP contribution in [0.1, 0.15) is 13.3 Å². The van der Waals surface area contributed by atoms with Crippen LogP contribution < -0.4 is 16.0 Å². The van der Waals surface area contributed by atoms with E-state index in [1.807, 2.05) is 12.1 Å². The lowest BCUT2D eigenvalue weighted by molar-refractivity contribution is -0.129. The SMILES string of the molecule is CC(=O)NCCNC(=O)[C@@H]1C[C@@H](O)[C@H](O)[C@H]2N=C(Nc3ccc(Cl)cc3)S[C@@H]21. The lowest BCUT2D eigenvalue weighted by Crippen LogP contribution is -2.54. The van der Waals surface area contributed by atoms with Crippen molar-refractivity contribution in [2.24, 2.45) is 10.9 Å². The molecule has 2 amide bonds. The number of rotatable bonds is 5. The maximum atomic E-state index is 12.6. The quantitative estimate of drug-likeness (QED) is 0.439. The van der Waals surface area contributed by atoms with E-state index >= 15 is 0 Å². The molecule has 0 spiro atoms. The summed E-state index contributed by atoms with van der Waals surface area (Å²) in [5.41, 5.74) is 0.792. The van der Waals surface area contributed by atoms with Gasteiger partial charge in [-0.1, -0.05) is 23.4 Å². The summed E-state index contributed by atoms with van der Waals surface area (Å²) in [7, 11) is 0. The molecule has 28 heavy (non-hydrogen) atoms. The van der Waals surface area contributed by atoms with Crippen LogP contribution in [0.5, 0.6) is 0 Å². The maximum Gasteiger partial charge on any atom is 0.224 e. The average molecular weight is 427 g/mol. The number of nitrogens with zero attached hydrogens (tertiary/aromatic N) is 1. The van der Waals surface area contributed by atoms with Crippen molar-refractivity contribution in [1.82, 2.24) is 10.6 Å². The van der Waals surface area contributed by atoms with Gasteiger partial charge in [0.15, 0.2) is 5.17 Å². The lowest BCUT2D eigenvalue weighted by Gasteiger charge is -2.37. The topological polar surface area (TPSA) is 123 Å². The van der Waals surface area contributed by atoms with Gasteiger partial charge in [0.05, 0.1) is 18.1 Å². The molecule has 1 aliphatic heterocycles. The van der Waals surface area contributed by atoms with Gasteiger partial charge in [-0.25, -0.2) is 0 Å². The van der Waals surface area contributed by atoms with Crippen molar-refractivity contribution in [2.45, 2.75) is 36.8 Å². The number of amides is 2. The number of amidine groups is 1. The molecule has 10 heteroatoms. The second-order valence-electron chi connectivity index (χ2n) is 6.81. The van der Waals surface area contributed by atoms with E-state index < -0.39 is 24.2 Å². The van der Waals surface area contributed by atoms with Crippen LogP contribution in [0.4, 0.5) is 5.69 Å². The number of benzene rings is 1. The van der Waals surface area contributed by atoms with Crippen LogP contribution in [0.15, 0.2) is 29.3 Å². The molecule has 3 rings (SSSR count). The minimum atomic E-state index is -1.02. The summed E-state index contributed by atoms with van der Waals surface area (Å²) in [5, 5.41) is 30.0. The zero-order chi connectivity index (χ0) is 20.3. The highest BCUT2D eigenvalue weighted by Gasteiger charge is 2.50. The van der Waals surface area contributed by atoms with E-state index in [1.54, 1.807) is 12.1 Å². The monoisotopic (exact) mass is 426 g/mol. The Morgan fingerprint density at radius 2 is 1.89 bits per heavy atom. The van der Waals surface area contributed by atoms with Gasteiger partial charge in [-0.3, -0.25) is 14.6 Å². The number of fused-ring (bicyclic) bond motifs is 1. The van der Waals surface area contributed by atoms with Gasteiger partial charge in [-0.05, 0) is 30.7 Å². The number of halogens is 1. The van der Waals surface area contributed by atoms with Crippen molar-refractivity contribution in [3.63, 3.8) is 0 Å². The smallest absolute Gasteiger partial charge is 0.224 e. The van der Waals surface area contributed by atoms with E-state index in [0.717, 1.165) is 5.69 Å². The Kier molecular flexibility index (Phi) is 6.82. The van der Waals surface area contributed by atoms with Crippen LogP contribution >= 0.6 is 23.4 Å². The summed E-state index contributed by atoms with van der Waals surface area (Å²) in [6.07, 6.45) is -1.89. The van der Waals surface area contributed by atoms with Crippen LogP contribution in [0.25, 0.3) is 0 Å². The first kappa shape index (κ1) is 20.9. The fourth-order valence-corrected chi connectivity index (χ4v) is 4.82. The van der Waals surface area contributed by atoms with Crippen molar-refractivity contribution in [3.8, 4) is 0 Å². The van der Waals surface area contributed by atoms with Crippen molar-refractivity contribution in [3.05, 3.63) is 29.3 Å². The zero-order valence-corrected chi connectivity index (χ0v) is 16.8. The molecule has 5 N–H and O–H groups in total. The third kappa shape index (κ3) is 4.96. The normalized spacial score (nSPS) is 28.9. The lowest BCUT2D eigenvalue weighted by atomic mass is 9.81. The van der Waals surface area contributed by atoms with Crippen LogP contribution in [-0.4, -0.2) is 63.8 Å². The van der Waals surface area contributed by atoms with Crippen LogP contribution in [0, 0.1) is 5.92 Å². The van der Waals surface area contributed by atoms with Gasteiger partial charge >= 0.3 is 0 Å². The summed E-state index contributed by atoms with van der Waals surface area (Å²) < 4.78 is 0. The Morgan fingerprint density at radius 3 is 2.57 bits per heavy atom. The van der Waals surface area contributed by atoms with Crippen molar-refractivity contribution in [1.29, 1.82) is 0 Å². The second-order valence-corrected chi connectivity index (χ2v) is 8.42. The third-order valence-electron chi connectivity index (χ3n) is 4.72. The van der Waals surface area contributed by atoms with Gasteiger partial charge in [-0.15, -0.1) is 0 Å². The fourth-order valence-electron chi connectivity index (χ4n) is 3.32. The maximum absolute atomic E-state index is 12.6. The third-order valence-corrected chi connectivity index (χ3v) is 6.28. The number of hydrogen-bond acceptors (Lipinski definition) is 7. The van der Waals surface area contributed by atoms with E-state index in [9.17, 15) is 19.8 Å². The predicted octanol–water partition coefficient (Wildman–Crippen LogP) is 0.586. The van der Waals surface area contributed by atoms with Crippen molar-refractivity contribution >= 4 is 46.0 Å². The number of thioether (sulfide) groups is 1. The first-order valence-corrected chi connectivity index (χ1v) is 10.3. The number of aliphatic hydroxyl groups is 2. The number of anilines is 1. The first-order valence-electron chi connectivity index (χ1n) is 9.00. The van der Waals surface area contributed by atoms with Gasteiger partial charge in [0.2, 0.25) is 11.8 Å². The Morgan fingerprint density at radius 1 is 1.21 bits per heavy atom. The molecule has 0 bridgehead atoms. The molecule has 0 aromatic heterocycles. The minimum Gasteiger partial charge on any atom is -0.390 e. The number of carbonyl (C=O) groups excluding carboxylic acids is 2. The van der Waals surface area contributed by atoms with E-state index in [1.165, 1.54) is 18.7 Å².